The van der Waals surface area contributed by atoms with E-state index in [-0.39, 0.29) is 24.7 Å². The topological polar surface area (TPSA) is 71.1 Å². The first-order valence-corrected chi connectivity index (χ1v) is 13.0. The quantitative estimate of drug-likeness (QED) is 0.252. The zero-order valence-corrected chi connectivity index (χ0v) is 21.7. The molecular formula is C27H36F4O6. The number of halogens is 4. The molecule has 0 spiro atoms. The van der Waals surface area contributed by atoms with Crippen LogP contribution in [0.25, 0.3) is 0 Å². The number of ether oxygens (including phenoxy) is 4. The second kappa shape index (κ2) is 9.98. The van der Waals surface area contributed by atoms with E-state index in [4.69, 9.17) is 18.9 Å². The van der Waals surface area contributed by atoms with Crippen LogP contribution in [0.1, 0.15) is 66.2 Å². The molecule has 37 heavy (non-hydrogen) atoms. The first-order chi connectivity index (χ1) is 17.2. The minimum atomic E-state index is -4.39. The Labute approximate surface area is 214 Å². The van der Waals surface area contributed by atoms with Crippen molar-refractivity contribution in [2.45, 2.75) is 96.6 Å². The standard InChI is InChI=1S/C27H36F4O6/c1-5-24(3,4)22(32)36-21(17-8-6-16(2)7-9-17)37-23(33)25-11-18-10-19(12-25)34-14-26(28,29)27(30,31)15-35-20(18)13-25/h6,8-9,16,18-21H,5,7,10-15H2,1-4H3. The molecule has 6 nitrogen and oxygen atoms in total. The average Bonchev–Trinajstić information content (AvgIpc) is 3.10. The SMILES string of the molecule is CCC(C)(C)C(=O)OC(OC(=O)C12CC3CC(C1)C(C2)OCC(F)(F)C(F)(F)CO3)C1=CCC(C)C=C1. The van der Waals surface area contributed by atoms with Gasteiger partial charge in [-0.05, 0) is 64.2 Å². The van der Waals surface area contributed by atoms with Gasteiger partial charge >= 0.3 is 23.8 Å². The van der Waals surface area contributed by atoms with Gasteiger partial charge in [-0.3, -0.25) is 9.59 Å². The molecular weight excluding hydrogens is 496 g/mol. The summed E-state index contributed by atoms with van der Waals surface area (Å²) in [7, 11) is 0. The molecule has 208 valence electrons. The summed E-state index contributed by atoms with van der Waals surface area (Å²) in [4.78, 5) is 26.6. The Morgan fingerprint density at radius 2 is 1.76 bits per heavy atom. The number of alkyl halides is 4. The molecule has 0 N–H and O–H groups in total. The predicted octanol–water partition coefficient (Wildman–Crippen LogP) is 5.60. The van der Waals surface area contributed by atoms with Crippen molar-refractivity contribution in [2.75, 3.05) is 13.2 Å². The lowest BCUT2D eigenvalue weighted by molar-refractivity contribution is -0.267. The van der Waals surface area contributed by atoms with Gasteiger partial charge in [-0.25, -0.2) is 0 Å². The van der Waals surface area contributed by atoms with Gasteiger partial charge in [-0.2, -0.15) is 17.6 Å². The molecule has 0 aromatic rings. The fourth-order valence-corrected chi connectivity index (χ4v) is 5.45. The molecule has 0 amide bonds. The molecule has 6 atom stereocenters. The molecule has 10 heteroatoms. The molecule has 0 aromatic carbocycles. The lowest BCUT2D eigenvalue weighted by Crippen LogP contribution is -2.50. The van der Waals surface area contributed by atoms with Gasteiger partial charge in [0.05, 0.1) is 23.0 Å². The number of hydrogen-bond acceptors (Lipinski definition) is 6. The lowest BCUT2D eigenvalue weighted by Gasteiger charge is -2.38. The number of fused-ring (bicyclic) bond motifs is 2. The molecule has 1 heterocycles. The van der Waals surface area contributed by atoms with Crippen molar-refractivity contribution in [2.24, 2.45) is 22.7 Å². The van der Waals surface area contributed by atoms with Gasteiger partial charge in [0.15, 0.2) is 0 Å². The smallest absolute Gasteiger partial charge is 0.335 e. The highest BCUT2D eigenvalue weighted by Crippen LogP contribution is 2.55. The van der Waals surface area contributed by atoms with Crippen LogP contribution in [0.15, 0.2) is 23.8 Å². The Morgan fingerprint density at radius 1 is 1.08 bits per heavy atom. The molecule has 3 fully saturated rings. The molecule has 0 radical (unpaired) electrons. The van der Waals surface area contributed by atoms with E-state index in [1.165, 1.54) is 0 Å². The van der Waals surface area contributed by atoms with E-state index in [2.05, 4.69) is 0 Å². The van der Waals surface area contributed by atoms with Crippen LogP contribution in [0.5, 0.6) is 0 Å². The maximum Gasteiger partial charge on any atom is 0.335 e. The molecule has 4 rings (SSSR count). The highest BCUT2D eigenvalue weighted by Gasteiger charge is 2.62. The van der Waals surface area contributed by atoms with E-state index in [0.29, 0.717) is 31.3 Å². The Hall–Kier alpha value is -1.94. The fraction of sp³-hybridized carbons (Fsp3) is 0.778. The summed E-state index contributed by atoms with van der Waals surface area (Å²) in [5.74, 6) is -10.0. The van der Waals surface area contributed by atoms with Crippen molar-refractivity contribution in [3.05, 3.63) is 23.8 Å². The summed E-state index contributed by atoms with van der Waals surface area (Å²) >= 11 is 0. The zero-order valence-electron chi connectivity index (χ0n) is 21.7. The number of hydrogen-bond donors (Lipinski definition) is 0. The third kappa shape index (κ3) is 5.60. The first-order valence-electron chi connectivity index (χ1n) is 13.0. The van der Waals surface area contributed by atoms with Crippen LogP contribution in [-0.2, 0) is 28.5 Å². The molecule has 6 unspecified atom stereocenters. The monoisotopic (exact) mass is 532 g/mol. The summed E-state index contributed by atoms with van der Waals surface area (Å²) in [5.41, 5.74) is -1.45. The number of carbonyl (C=O) groups is 2. The highest BCUT2D eigenvalue weighted by atomic mass is 19.3. The van der Waals surface area contributed by atoms with Gasteiger partial charge in [-0.15, -0.1) is 0 Å². The predicted molar refractivity (Wildman–Crippen MR) is 125 cm³/mol. The van der Waals surface area contributed by atoms with Crippen molar-refractivity contribution < 1.29 is 46.1 Å². The van der Waals surface area contributed by atoms with Crippen molar-refractivity contribution in [1.82, 2.24) is 0 Å². The number of rotatable bonds is 6. The Kier molecular flexibility index (Phi) is 7.58. The van der Waals surface area contributed by atoms with Crippen LogP contribution >= 0.6 is 0 Å². The number of allylic oxidation sites excluding steroid dienone is 2. The molecule has 4 aliphatic rings. The van der Waals surface area contributed by atoms with Crippen molar-refractivity contribution in [3.63, 3.8) is 0 Å². The third-order valence-electron chi connectivity index (χ3n) is 8.38. The maximum atomic E-state index is 14.1. The van der Waals surface area contributed by atoms with Gasteiger partial charge in [0.2, 0.25) is 0 Å². The highest BCUT2D eigenvalue weighted by molar-refractivity contribution is 5.79. The van der Waals surface area contributed by atoms with Crippen LogP contribution in [-0.4, -0.2) is 55.5 Å². The van der Waals surface area contributed by atoms with Gasteiger partial charge in [0.1, 0.15) is 13.2 Å². The van der Waals surface area contributed by atoms with Crippen LogP contribution in [0.4, 0.5) is 17.6 Å². The van der Waals surface area contributed by atoms with Gasteiger partial charge in [0, 0.05) is 5.57 Å². The Balaban J connectivity index is 1.57. The summed E-state index contributed by atoms with van der Waals surface area (Å²) in [6.45, 7) is 4.43. The third-order valence-corrected chi connectivity index (χ3v) is 8.38. The minimum absolute atomic E-state index is 0.0386. The first kappa shape index (κ1) is 28.1. The van der Waals surface area contributed by atoms with Gasteiger partial charge in [-0.1, -0.05) is 32.1 Å². The normalized spacial score (nSPS) is 35.4. The van der Waals surface area contributed by atoms with E-state index in [1.54, 1.807) is 19.9 Å². The summed E-state index contributed by atoms with van der Waals surface area (Å²) in [6, 6.07) is 0. The Morgan fingerprint density at radius 3 is 2.38 bits per heavy atom. The van der Waals surface area contributed by atoms with Crippen LogP contribution < -0.4 is 0 Å². The van der Waals surface area contributed by atoms with E-state index < -0.39 is 66.3 Å². The lowest BCUT2D eigenvalue weighted by atomic mass is 9.74. The van der Waals surface area contributed by atoms with Crippen molar-refractivity contribution in [3.8, 4) is 0 Å². The largest absolute Gasteiger partial charge is 0.420 e. The van der Waals surface area contributed by atoms with Crippen LogP contribution in [0.3, 0.4) is 0 Å². The van der Waals surface area contributed by atoms with E-state index in [9.17, 15) is 27.2 Å². The average molecular weight is 533 g/mol. The molecule has 3 aliphatic carbocycles. The summed E-state index contributed by atoms with van der Waals surface area (Å²) in [5, 5.41) is 0. The molecule has 3 bridgehead atoms. The van der Waals surface area contributed by atoms with E-state index in [1.807, 2.05) is 26.0 Å². The fourth-order valence-electron chi connectivity index (χ4n) is 5.45. The molecule has 1 saturated heterocycles. The minimum Gasteiger partial charge on any atom is -0.420 e. The van der Waals surface area contributed by atoms with E-state index >= 15 is 0 Å². The van der Waals surface area contributed by atoms with Gasteiger partial charge in [0.25, 0.3) is 6.29 Å². The second-order valence-corrected chi connectivity index (χ2v) is 11.7. The van der Waals surface area contributed by atoms with Gasteiger partial charge < -0.3 is 18.9 Å². The number of carbonyl (C=O) groups excluding carboxylic acids is 2. The summed E-state index contributed by atoms with van der Waals surface area (Å²) < 4.78 is 78.6. The Bertz CT molecular complexity index is 957. The van der Waals surface area contributed by atoms with Crippen molar-refractivity contribution >= 4 is 11.9 Å². The summed E-state index contributed by atoms with van der Waals surface area (Å²) in [6.07, 6.45) is 4.53. The molecule has 2 saturated carbocycles. The van der Waals surface area contributed by atoms with E-state index in [0.717, 1.165) is 0 Å². The molecule has 0 aromatic heterocycles. The van der Waals surface area contributed by atoms with Crippen molar-refractivity contribution in [1.29, 1.82) is 0 Å². The zero-order chi connectivity index (χ0) is 27.2. The number of esters is 2. The van der Waals surface area contributed by atoms with Crippen LogP contribution in [0, 0.1) is 22.7 Å². The van der Waals surface area contributed by atoms with Crippen LogP contribution in [0.2, 0.25) is 0 Å². The maximum absolute atomic E-state index is 14.1. The second-order valence-electron chi connectivity index (χ2n) is 11.7. The molecule has 1 aliphatic heterocycles.